The molecule has 0 unspecified atom stereocenters. The van der Waals surface area contributed by atoms with E-state index in [0.717, 1.165) is 12.8 Å². The molecule has 4 aliphatic rings. The van der Waals surface area contributed by atoms with Crippen LogP contribution in [-0.2, 0) is 14.6 Å². The number of nitriles is 1. The van der Waals surface area contributed by atoms with Gasteiger partial charge >= 0.3 is 6.18 Å². The van der Waals surface area contributed by atoms with E-state index in [1.165, 1.54) is 0 Å². The number of carbonyl (C=O) groups is 1. The zero-order valence-electron chi connectivity index (χ0n) is 18.1. The maximum absolute atomic E-state index is 14.4. The van der Waals surface area contributed by atoms with Crippen molar-refractivity contribution in [2.45, 2.75) is 74.7 Å². The van der Waals surface area contributed by atoms with E-state index in [1.807, 2.05) is 6.07 Å². The number of hydrogen-bond donors (Lipinski definition) is 2. The van der Waals surface area contributed by atoms with Crippen molar-refractivity contribution >= 4 is 15.7 Å². The van der Waals surface area contributed by atoms with Crippen LogP contribution in [0.3, 0.4) is 0 Å². The highest BCUT2D eigenvalue weighted by molar-refractivity contribution is 7.91. The quantitative estimate of drug-likeness (QED) is 0.517. The highest BCUT2D eigenvalue weighted by Gasteiger charge is 2.56. The first-order chi connectivity index (χ1) is 15.4. The Kier molecular flexibility index (Phi) is 6.18. The molecule has 0 spiro atoms. The zero-order valence-corrected chi connectivity index (χ0v) is 18.9. The first-order valence-corrected chi connectivity index (χ1v) is 13.1. The summed E-state index contributed by atoms with van der Waals surface area (Å²) in [6.45, 7) is 0. The summed E-state index contributed by atoms with van der Waals surface area (Å²) in [6.07, 6.45) is 0.0302. The van der Waals surface area contributed by atoms with E-state index in [-0.39, 0.29) is 23.5 Å². The molecule has 33 heavy (non-hydrogen) atoms. The second-order valence-electron chi connectivity index (χ2n) is 9.74. The van der Waals surface area contributed by atoms with Gasteiger partial charge < -0.3 is 5.32 Å². The lowest BCUT2D eigenvalue weighted by Gasteiger charge is -2.31. The van der Waals surface area contributed by atoms with Crippen molar-refractivity contribution in [2.24, 2.45) is 17.8 Å². The van der Waals surface area contributed by atoms with Gasteiger partial charge in [0.1, 0.15) is 11.6 Å². The van der Waals surface area contributed by atoms with E-state index < -0.39 is 44.8 Å². The summed E-state index contributed by atoms with van der Waals surface area (Å²) in [4.78, 5) is 13.0. The van der Waals surface area contributed by atoms with Gasteiger partial charge in [-0.05, 0) is 57.3 Å². The number of alkyl halides is 3. The largest absolute Gasteiger partial charge is 0.429 e. The molecule has 178 valence electrons. The van der Waals surface area contributed by atoms with Crippen molar-refractivity contribution in [1.82, 2.24) is 10.6 Å². The van der Waals surface area contributed by atoms with Gasteiger partial charge in [-0.3, -0.25) is 10.1 Å². The summed E-state index contributed by atoms with van der Waals surface area (Å²) in [6, 6.07) is 0.199. The topological polar surface area (TPSA) is 99.1 Å². The predicted octanol–water partition coefficient (Wildman–Crippen LogP) is 2.07. The monoisotopic (exact) mass is 481 g/mol. The average molecular weight is 482 g/mol. The Morgan fingerprint density at radius 2 is 1.58 bits per heavy atom. The lowest BCUT2D eigenvalue weighted by molar-refractivity contribution is -0.164. The smallest absolute Gasteiger partial charge is 0.336 e. The molecule has 0 aromatic rings. The van der Waals surface area contributed by atoms with Crippen molar-refractivity contribution in [3.63, 3.8) is 0 Å². The second kappa shape index (κ2) is 8.53. The number of halogens is 3. The van der Waals surface area contributed by atoms with Crippen molar-refractivity contribution < 1.29 is 26.4 Å². The number of amides is 1. The van der Waals surface area contributed by atoms with Crippen LogP contribution in [0.25, 0.3) is 0 Å². The van der Waals surface area contributed by atoms with Crippen LogP contribution < -0.4 is 10.6 Å². The molecular weight excluding hydrogens is 455 g/mol. The third kappa shape index (κ3) is 6.43. The van der Waals surface area contributed by atoms with E-state index in [0.29, 0.717) is 38.5 Å². The lowest BCUT2D eigenvalue weighted by Crippen LogP contribution is -2.64. The van der Waals surface area contributed by atoms with Gasteiger partial charge in [0.05, 0.1) is 17.6 Å². The summed E-state index contributed by atoms with van der Waals surface area (Å²) in [7, 11) is -3.83. The molecule has 10 heteroatoms. The van der Waals surface area contributed by atoms with Crippen LogP contribution in [0.4, 0.5) is 13.2 Å². The molecule has 0 bridgehead atoms. The summed E-state index contributed by atoms with van der Waals surface area (Å²) in [5.41, 5.74) is -4.18. The molecule has 0 aromatic carbocycles. The van der Waals surface area contributed by atoms with Crippen LogP contribution in [0, 0.1) is 52.8 Å². The first kappa shape index (κ1) is 23.9. The normalized spacial score (nSPS) is 22.6. The SMILES string of the molecule is N#CC1(NC(=O)[C@H](CS(=O)(=O)CC2CC2)NC(C#CC2CC2)(C#CC2CC2)C(F)(F)F)CC1. The third-order valence-electron chi connectivity index (χ3n) is 6.15. The summed E-state index contributed by atoms with van der Waals surface area (Å²) in [5.74, 6) is 7.39. The molecule has 0 heterocycles. The maximum atomic E-state index is 14.4. The third-order valence-corrected chi connectivity index (χ3v) is 7.97. The number of nitrogens with zero attached hydrogens (tertiary/aromatic N) is 1. The maximum Gasteiger partial charge on any atom is 0.429 e. The van der Waals surface area contributed by atoms with Crippen molar-refractivity contribution in [3.05, 3.63) is 0 Å². The minimum absolute atomic E-state index is 0.0238. The van der Waals surface area contributed by atoms with Gasteiger partial charge in [0.2, 0.25) is 11.4 Å². The molecule has 0 saturated heterocycles. The molecular formula is C23H26F3N3O3S. The average Bonchev–Trinajstić information content (AvgIpc) is 3.56. The molecule has 0 aromatic heterocycles. The van der Waals surface area contributed by atoms with Crippen LogP contribution in [0.5, 0.6) is 0 Å². The van der Waals surface area contributed by atoms with Gasteiger partial charge in [0.15, 0.2) is 9.84 Å². The Hall–Kier alpha value is -2.22. The minimum atomic E-state index is -4.97. The Bertz CT molecular complexity index is 1040. The number of sulfone groups is 1. The molecule has 6 nitrogen and oxygen atoms in total. The molecule has 4 rings (SSSR count). The fraction of sp³-hybridized carbons (Fsp3) is 0.739. The molecule has 0 radical (unpaired) electrons. The molecule has 1 atom stereocenters. The number of rotatable bonds is 8. The van der Waals surface area contributed by atoms with Gasteiger partial charge in [-0.2, -0.15) is 18.4 Å². The minimum Gasteiger partial charge on any atom is -0.336 e. The first-order valence-electron chi connectivity index (χ1n) is 11.3. The standard InChI is InChI=1S/C23H26F3N3O3S/c24-23(25,26)22(9-7-16-1-2-16,10-8-17-3-4-17)28-19(14-33(31,32)13-18-5-6-18)20(30)29-21(15-27)11-12-21/h16-19,28H,1-6,11-14H2,(H,29,30)/t19-/m0/s1. The fourth-order valence-corrected chi connectivity index (χ4v) is 5.26. The van der Waals surface area contributed by atoms with Crippen molar-refractivity contribution in [3.8, 4) is 29.8 Å². The summed E-state index contributed by atoms with van der Waals surface area (Å²) >= 11 is 0. The van der Waals surface area contributed by atoms with Gasteiger partial charge in [0, 0.05) is 11.8 Å². The van der Waals surface area contributed by atoms with Gasteiger partial charge in [-0.15, -0.1) is 0 Å². The predicted molar refractivity (Wildman–Crippen MR) is 114 cm³/mol. The Labute approximate surface area is 192 Å². The van der Waals surface area contributed by atoms with Gasteiger partial charge in [0.25, 0.3) is 0 Å². The second-order valence-corrected chi connectivity index (χ2v) is 11.9. The fourth-order valence-electron chi connectivity index (χ4n) is 3.33. The summed E-state index contributed by atoms with van der Waals surface area (Å²) < 4.78 is 68.6. The Balaban J connectivity index is 1.66. The number of nitrogens with one attached hydrogen (secondary N) is 2. The van der Waals surface area contributed by atoms with E-state index in [1.54, 1.807) is 0 Å². The van der Waals surface area contributed by atoms with Gasteiger partial charge in [-0.25, -0.2) is 8.42 Å². The van der Waals surface area contributed by atoms with Crippen LogP contribution in [-0.4, -0.2) is 49.1 Å². The molecule has 4 saturated carbocycles. The number of carbonyl (C=O) groups excluding carboxylic acids is 1. The highest BCUT2D eigenvalue weighted by atomic mass is 32.2. The van der Waals surface area contributed by atoms with E-state index >= 15 is 0 Å². The molecule has 2 N–H and O–H groups in total. The van der Waals surface area contributed by atoms with Crippen LogP contribution >= 0.6 is 0 Å². The number of hydrogen-bond acceptors (Lipinski definition) is 5. The van der Waals surface area contributed by atoms with Crippen LogP contribution in [0.1, 0.15) is 51.4 Å². The highest BCUT2D eigenvalue weighted by Crippen LogP contribution is 2.36. The van der Waals surface area contributed by atoms with E-state index in [2.05, 4.69) is 34.3 Å². The molecule has 4 fully saturated rings. The lowest BCUT2D eigenvalue weighted by atomic mass is 9.97. The molecule has 4 aliphatic carbocycles. The Morgan fingerprint density at radius 3 is 1.97 bits per heavy atom. The summed E-state index contributed by atoms with van der Waals surface area (Å²) in [5, 5.41) is 14.0. The van der Waals surface area contributed by atoms with Crippen LogP contribution in [0.2, 0.25) is 0 Å². The van der Waals surface area contributed by atoms with E-state index in [4.69, 9.17) is 0 Å². The van der Waals surface area contributed by atoms with Crippen LogP contribution in [0.15, 0.2) is 0 Å². The van der Waals surface area contributed by atoms with Crippen molar-refractivity contribution in [2.75, 3.05) is 11.5 Å². The van der Waals surface area contributed by atoms with Crippen molar-refractivity contribution in [1.29, 1.82) is 5.26 Å². The molecule has 0 aliphatic heterocycles. The zero-order chi connectivity index (χ0) is 23.9. The Morgan fingerprint density at radius 1 is 1.03 bits per heavy atom. The van der Waals surface area contributed by atoms with Gasteiger partial charge in [-0.1, -0.05) is 23.7 Å². The van der Waals surface area contributed by atoms with E-state index in [9.17, 15) is 31.6 Å². The molecule has 1 amide bonds.